The van der Waals surface area contributed by atoms with Gasteiger partial charge in [-0.1, -0.05) is 30.3 Å². The quantitative estimate of drug-likeness (QED) is 0.749. The Morgan fingerprint density at radius 1 is 1.04 bits per heavy atom. The molecule has 6 heteroatoms. The fraction of sp³-hybridized carbons (Fsp3) is 0.158. The summed E-state index contributed by atoms with van der Waals surface area (Å²) in [6.07, 6.45) is 4.95. The van der Waals surface area contributed by atoms with E-state index in [4.69, 9.17) is 0 Å². The molecular formula is C19H17F2N3O. The van der Waals surface area contributed by atoms with Crippen LogP contribution < -0.4 is 5.32 Å². The van der Waals surface area contributed by atoms with Gasteiger partial charge in [0.15, 0.2) is 0 Å². The number of carbonyl (C=O) groups is 1. The third-order valence-corrected chi connectivity index (χ3v) is 3.91. The Balaban J connectivity index is 1.64. The van der Waals surface area contributed by atoms with Crippen LogP contribution in [0.3, 0.4) is 0 Å². The van der Waals surface area contributed by atoms with Gasteiger partial charge in [0.25, 0.3) is 0 Å². The Hall–Kier alpha value is -3.02. The molecule has 0 unspecified atom stereocenters. The minimum Gasteiger partial charge on any atom is -0.352 e. The van der Waals surface area contributed by atoms with Crippen LogP contribution in [-0.4, -0.2) is 15.5 Å². The van der Waals surface area contributed by atoms with E-state index in [1.54, 1.807) is 12.5 Å². The number of benzene rings is 2. The second-order valence-electron chi connectivity index (χ2n) is 5.66. The first-order chi connectivity index (χ1) is 12.1. The minimum atomic E-state index is -0.712. The van der Waals surface area contributed by atoms with E-state index >= 15 is 0 Å². The number of rotatable bonds is 6. The molecule has 1 aromatic heterocycles. The van der Waals surface area contributed by atoms with Crippen LogP contribution >= 0.6 is 0 Å². The van der Waals surface area contributed by atoms with Crippen molar-refractivity contribution < 1.29 is 13.6 Å². The van der Waals surface area contributed by atoms with Gasteiger partial charge < -0.3 is 9.88 Å². The van der Waals surface area contributed by atoms with E-state index in [2.05, 4.69) is 10.3 Å². The lowest BCUT2D eigenvalue weighted by Crippen LogP contribution is -2.26. The number of hydrogen-bond acceptors (Lipinski definition) is 2. The molecule has 0 saturated heterocycles. The largest absolute Gasteiger partial charge is 0.352 e. The highest BCUT2D eigenvalue weighted by atomic mass is 19.1. The molecule has 128 valence electrons. The average molecular weight is 341 g/mol. The van der Waals surface area contributed by atoms with Crippen molar-refractivity contribution in [2.75, 3.05) is 0 Å². The number of imidazole rings is 1. The zero-order valence-corrected chi connectivity index (χ0v) is 13.5. The van der Waals surface area contributed by atoms with Crippen LogP contribution in [0.5, 0.6) is 0 Å². The fourth-order valence-corrected chi connectivity index (χ4v) is 2.58. The SMILES string of the molecule is O=C(Cc1c(F)cccc1F)NCc1ccccc1Cn1ccnc1. The fourth-order valence-electron chi connectivity index (χ4n) is 2.58. The van der Waals surface area contributed by atoms with E-state index in [9.17, 15) is 13.6 Å². The Kier molecular flexibility index (Phi) is 5.18. The van der Waals surface area contributed by atoms with Crippen molar-refractivity contribution in [3.8, 4) is 0 Å². The summed E-state index contributed by atoms with van der Waals surface area (Å²) in [7, 11) is 0. The Bertz CT molecular complexity index is 843. The summed E-state index contributed by atoms with van der Waals surface area (Å²) in [6, 6.07) is 11.3. The van der Waals surface area contributed by atoms with Gasteiger partial charge in [-0.15, -0.1) is 0 Å². The smallest absolute Gasteiger partial charge is 0.224 e. The maximum atomic E-state index is 13.6. The zero-order valence-electron chi connectivity index (χ0n) is 13.5. The molecule has 0 radical (unpaired) electrons. The highest BCUT2D eigenvalue weighted by molar-refractivity contribution is 5.78. The first-order valence-corrected chi connectivity index (χ1v) is 7.85. The van der Waals surface area contributed by atoms with Crippen LogP contribution in [0.25, 0.3) is 0 Å². The monoisotopic (exact) mass is 341 g/mol. The van der Waals surface area contributed by atoms with Gasteiger partial charge >= 0.3 is 0 Å². The molecule has 1 N–H and O–H groups in total. The predicted molar refractivity (Wildman–Crippen MR) is 89.7 cm³/mol. The predicted octanol–water partition coefficient (Wildman–Crippen LogP) is 3.07. The topological polar surface area (TPSA) is 46.9 Å². The van der Waals surface area contributed by atoms with Gasteiger partial charge in [0.2, 0.25) is 5.91 Å². The highest BCUT2D eigenvalue weighted by Crippen LogP contribution is 2.14. The van der Waals surface area contributed by atoms with E-state index in [0.717, 1.165) is 23.3 Å². The van der Waals surface area contributed by atoms with Crippen LogP contribution in [0.1, 0.15) is 16.7 Å². The lowest BCUT2D eigenvalue weighted by molar-refractivity contribution is -0.120. The summed E-state index contributed by atoms with van der Waals surface area (Å²) in [5.41, 5.74) is 1.77. The van der Waals surface area contributed by atoms with E-state index in [-0.39, 0.29) is 12.0 Å². The van der Waals surface area contributed by atoms with Gasteiger partial charge in [0.1, 0.15) is 11.6 Å². The second-order valence-corrected chi connectivity index (χ2v) is 5.66. The third kappa shape index (κ3) is 4.29. The van der Waals surface area contributed by atoms with Crippen LogP contribution in [0.15, 0.2) is 61.2 Å². The average Bonchev–Trinajstić information content (AvgIpc) is 3.11. The van der Waals surface area contributed by atoms with Gasteiger partial charge in [0, 0.05) is 31.0 Å². The summed E-state index contributed by atoms with van der Waals surface area (Å²) in [4.78, 5) is 16.1. The summed E-state index contributed by atoms with van der Waals surface area (Å²) in [5.74, 6) is -1.85. The first-order valence-electron chi connectivity index (χ1n) is 7.85. The molecule has 0 aliphatic heterocycles. The molecule has 0 bridgehead atoms. The van der Waals surface area contributed by atoms with E-state index in [0.29, 0.717) is 13.1 Å². The van der Waals surface area contributed by atoms with Gasteiger partial charge in [-0.2, -0.15) is 0 Å². The van der Waals surface area contributed by atoms with Crippen molar-refractivity contribution in [3.05, 3.63) is 89.5 Å². The summed E-state index contributed by atoms with van der Waals surface area (Å²) in [5, 5.41) is 2.72. The normalized spacial score (nSPS) is 10.6. The Labute approximate surface area is 144 Å². The zero-order chi connectivity index (χ0) is 17.6. The van der Waals surface area contributed by atoms with Gasteiger partial charge in [-0.25, -0.2) is 13.8 Å². The van der Waals surface area contributed by atoms with Crippen LogP contribution in [0, 0.1) is 11.6 Å². The summed E-state index contributed by atoms with van der Waals surface area (Å²) >= 11 is 0. The molecule has 0 saturated carbocycles. The van der Waals surface area contributed by atoms with Gasteiger partial charge in [0.05, 0.1) is 12.7 Å². The lowest BCUT2D eigenvalue weighted by Gasteiger charge is -2.12. The van der Waals surface area contributed by atoms with Gasteiger partial charge in [-0.3, -0.25) is 4.79 Å². The Morgan fingerprint density at radius 2 is 1.76 bits per heavy atom. The number of halogens is 2. The van der Waals surface area contributed by atoms with Crippen LogP contribution in [0.4, 0.5) is 8.78 Å². The molecule has 0 atom stereocenters. The molecule has 1 amide bonds. The maximum Gasteiger partial charge on any atom is 0.224 e. The standard InChI is InChI=1S/C19H17F2N3O/c20-17-6-3-7-18(21)16(17)10-19(25)23-11-14-4-1-2-5-15(14)12-24-9-8-22-13-24/h1-9,13H,10-12H2,(H,23,25). The molecule has 3 aromatic rings. The number of nitrogens with one attached hydrogen (secondary N) is 1. The van der Waals surface area contributed by atoms with Crippen molar-refractivity contribution in [1.82, 2.24) is 14.9 Å². The molecule has 0 aliphatic carbocycles. The molecule has 4 nitrogen and oxygen atoms in total. The first kappa shape index (κ1) is 16.8. The summed E-state index contributed by atoms with van der Waals surface area (Å²) in [6.45, 7) is 0.924. The number of amides is 1. The number of aromatic nitrogens is 2. The van der Waals surface area contributed by atoms with Crippen molar-refractivity contribution in [3.63, 3.8) is 0 Å². The maximum absolute atomic E-state index is 13.6. The third-order valence-electron chi connectivity index (χ3n) is 3.91. The lowest BCUT2D eigenvalue weighted by atomic mass is 10.1. The number of nitrogens with zero attached hydrogens (tertiary/aromatic N) is 2. The summed E-state index contributed by atoms with van der Waals surface area (Å²) < 4.78 is 29.2. The van der Waals surface area contributed by atoms with E-state index < -0.39 is 17.5 Å². The number of hydrogen-bond donors (Lipinski definition) is 1. The van der Waals surface area contributed by atoms with Crippen LogP contribution in [0.2, 0.25) is 0 Å². The van der Waals surface area contributed by atoms with Crippen molar-refractivity contribution >= 4 is 5.91 Å². The molecule has 25 heavy (non-hydrogen) atoms. The molecular weight excluding hydrogens is 324 g/mol. The Morgan fingerprint density at radius 3 is 2.44 bits per heavy atom. The van der Waals surface area contributed by atoms with E-state index in [1.807, 2.05) is 35.0 Å². The molecule has 0 spiro atoms. The van der Waals surface area contributed by atoms with E-state index in [1.165, 1.54) is 6.07 Å². The highest BCUT2D eigenvalue weighted by Gasteiger charge is 2.13. The molecule has 1 heterocycles. The number of carbonyl (C=O) groups excluding carboxylic acids is 1. The van der Waals surface area contributed by atoms with Crippen LogP contribution in [-0.2, 0) is 24.3 Å². The molecule has 0 fully saturated rings. The molecule has 2 aromatic carbocycles. The van der Waals surface area contributed by atoms with Crippen molar-refractivity contribution in [2.45, 2.75) is 19.5 Å². The molecule has 0 aliphatic rings. The minimum absolute atomic E-state index is 0.216. The molecule has 3 rings (SSSR count). The second kappa shape index (κ2) is 7.70. The van der Waals surface area contributed by atoms with Crippen molar-refractivity contribution in [2.24, 2.45) is 0 Å². The van der Waals surface area contributed by atoms with Gasteiger partial charge in [-0.05, 0) is 23.3 Å². The van der Waals surface area contributed by atoms with Crippen molar-refractivity contribution in [1.29, 1.82) is 0 Å².